The van der Waals surface area contributed by atoms with Crippen molar-refractivity contribution < 1.29 is 14.0 Å². The SMILES string of the molecule is CNC(=O)CNCC(=O)NCc1ccc(F)cc1. The van der Waals surface area contributed by atoms with E-state index < -0.39 is 0 Å². The van der Waals surface area contributed by atoms with Gasteiger partial charge in [-0.1, -0.05) is 12.1 Å². The molecule has 0 saturated heterocycles. The van der Waals surface area contributed by atoms with E-state index in [2.05, 4.69) is 16.0 Å². The number of hydrogen-bond acceptors (Lipinski definition) is 3. The number of amides is 2. The van der Waals surface area contributed by atoms with Crippen LogP contribution in [-0.4, -0.2) is 32.0 Å². The Hall–Kier alpha value is -1.95. The second-order valence-electron chi connectivity index (χ2n) is 3.68. The van der Waals surface area contributed by atoms with E-state index in [1.165, 1.54) is 19.2 Å². The predicted octanol–water partition coefficient (Wildman–Crippen LogP) is -0.222. The highest BCUT2D eigenvalue weighted by Crippen LogP contribution is 2.01. The van der Waals surface area contributed by atoms with Crippen LogP contribution in [0.1, 0.15) is 5.56 Å². The van der Waals surface area contributed by atoms with E-state index in [1.54, 1.807) is 12.1 Å². The minimum atomic E-state index is -0.308. The van der Waals surface area contributed by atoms with Crippen LogP contribution in [0.3, 0.4) is 0 Å². The van der Waals surface area contributed by atoms with Crippen LogP contribution in [0.25, 0.3) is 0 Å². The molecule has 0 saturated carbocycles. The summed E-state index contributed by atoms with van der Waals surface area (Å²) >= 11 is 0. The van der Waals surface area contributed by atoms with Crippen molar-refractivity contribution in [2.24, 2.45) is 0 Å². The van der Waals surface area contributed by atoms with Gasteiger partial charge >= 0.3 is 0 Å². The minimum absolute atomic E-state index is 0.0641. The first-order chi connectivity index (χ1) is 8.61. The van der Waals surface area contributed by atoms with Gasteiger partial charge in [0.1, 0.15) is 5.82 Å². The van der Waals surface area contributed by atoms with Crippen LogP contribution in [0.15, 0.2) is 24.3 Å². The summed E-state index contributed by atoms with van der Waals surface area (Å²) in [5, 5.41) is 7.78. The summed E-state index contributed by atoms with van der Waals surface area (Å²) in [7, 11) is 1.53. The molecule has 98 valence electrons. The van der Waals surface area contributed by atoms with Crippen LogP contribution >= 0.6 is 0 Å². The third-order valence-electron chi connectivity index (χ3n) is 2.25. The van der Waals surface area contributed by atoms with Gasteiger partial charge in [0.05, 0.1) is 13.1 Å². The lowest BCUT2D eigenvalue weighted by Crippen LogP contribution is -2.38. The molecule has 0 spiro atoms. The zero-order chi connectivity index (χ0) is 13.4. The Labute approximate surface area is 105 Å². The normalized spacial score (nSPS) is 9.89. The summed E-state index contributed by atoms with van der Waals surface area (Å²) in [6.45, 7) is 0.496. The van der Waals surface area contributed by atoms with Crippen molar-refractivity contribution in [1.29, 1.82) is 0 Å². The van der Waals surface area contributed by atoms with Crippen molar-refractivity contribution >= 4 is 11.8 Å². The van der Waals surface area contributed by atoms with Crippen LogP contribution in [0.4, 0.5) is 4.39 Å². The molecule has 6 heteroatoms. The van der Waals surface area contributed by atoms with Crippen LogP contribution in [0, 0.1) is 5.82 Å². The molecular weight excluding hydrogens is 237 g/mol. The molecule has 0 atom stereocenters. The largest absolute Gasteiger partial charge is 0.358 e. The quantitative estimate of drug-likeness (QED) is 0.656. The Kier molecular flexibility index (Phi) is 5.79. The van der Waals surface area contributed by atoms with Crippen molar-refractivity contribution in [3.8, 4) is 0 Å². The highest BCUT2D eigenvalue weighted by atomic mass is 19.1. The van der Waals surface area contributed by atoms with Crippen LogP contribution in [0.5, 0.6) is 0 Å². The Bertz CT molecular complexity index is 406. The first-order valence-electron chi connectivity index (χ1n) is 5.54. The maximum Gasteiger partial charge on any atom is 0.234 e. The average Bonchev–Trinajstić information content (AvgIpc) is 2.38. The van der Waals surface area contributed by atoms with Gasteiger partial charge in [-0.05, 0) is 17.7 Å². The van der Waals surface area contributed by atoms with E-state index >= 15 is 0 Å². The van der Waals surface area contributed by atoms with Crippen molar-refractivity contribution in [2.45, 2.75) is 6.54 Å². The molecule has 0 aromatic heterocycles. The molecule has 0 aliphatic carbocycles. The van der Waals surface area contributed by atoms with Gasteiger partial charge in [-0.25, -0.2) is 4.39 Å². The summed E-state index contributed by atoms with van der Waals surface area (Å²) in [5.74, 6) is -0.707. The number of nitrogens with one attached hydrogen (secondary N) is 3. The molecule has 0 aliphatic rings. The molecule has 0 aliphatic heterocycles. The minimum Gasteiger partial charge on any atom is -0.358 e. The standard InChI is InChI=1S/C12H16FN3O2/c1-14-11(17)7-15-8-12(18)16-6-9-2-4-10(13)5-3-9/h2-5,15H,6-8H2,1H3,(H,14,17)(H,16,18). The van der Waals surface area contributed by atoms with Crippen LogP contribution < -0.4 is 16.0 Å². The van der Waals surface area contributed by atoms with Gasteiger partial charge in [-0.3, -0.25) is 14.9 Å². The number of carbonyl (C=O) groups is 2. The van der Waals surface area contributed by atoms with E-state index in [4.69, 9.17) is 0 Å². The number of benzene rings is 1. The molecular formula is C12H16FN3O2. The van der Waals surface area contributed by atoms with E-state index in [-0.39, 0.29) is 30.7 Å². The summed E-state index contributed by atoms with van der Waals surface area (Å²) in [6, 6.07) is 5.89. The van der Waals surface area contributed by atoms with E-state index in [0.29, 0.717) is 6.54 Å². The molecule has 0 unspecified atom stereocenters. The Morgan fingerprint density at radius 2 is 1.72 bits per heavy atom. The van der Waals surface area contributed by atoms with Gasteiger partial charge in [0.15, 0.2) is 0 Å². The Balaban J connectivity index is 2.21. The van der Waals surface area contributed by atoms with Gasteiger partial charge in [-0.15, -0.1) is 0 Å². The maximum atomic E-state index is 12.6. The lowest BCUT2D eigenvalue weighted by atomic mass is 10.2. The second kappa shape index (κ2) is 7.39. The molecule has 5 nitrogen and oxygen atoms in total. The molecule has 2 amide bonds. The lowest BCUT2D eigenvalue weighted by Gasteiger charge is -2.06. The van der Waals surface area contributed by atoms with Gasteiger partial charge in [-0.2, -0.15) is 0 Å². The second-order valence-corrected chi connectivity index (χ2v) is 3.68. The van der Waals surface area contributed by atoms with Crippen molar-refractivity contribution in [3.05, 3.63) is 35.6 Å². The van der Waals surface area contributed by atoms with E-state index in [9.17, 15) is 14.0 Å². The van der Waals surface area contributed by atoms with Crippen molar-refractivity contribution in [2.75, 3.05) is 20.1 Å². The smallest absolute Gasteiger partial charge is 0.234 e. The fourth-order valence-electron chi connectivity index (χ4n) is 1.24. The Morgan fingerprint density at radius 1 is 1.11 bits per heavy atom. The van der Waals surface area contributed by atoms with Crippen LogP contribution in [-0.2, 0) is 16.1 Å². The molecule has 0 bridgehead atoms. The average molecular weight is 253 g/mol. The third-order valence-corrected chi connectivity index (χ3v) is 2.25. The number of hydrogen-bond donors (Lipinski definition) is 3. The van der Waals surface area contributed by atoms with Gasteiger partial charge < -0.3 is 10.6 Å². The molecule has 1 rings (SSSR count). The fraction of sp³-hybridized carbons (Fsp3) is 0.333. The molecule has 18 heavy (non-hydrogen) atoms. The monoisotopic (exact) mass is 253 g/mol. The topological polar surface area (TPSA) is 70.2 Å². The highest BCUT2D eigenvalue weighted by molar-refractivity contribution is 5.80. The maximum absolute atomic E-state index is 12.6. The first kappa shape index (κ1) is 14.1. The van der Waals surface area contributed by atoms with E-state index in [1.807, 2.05) is 0 Å². The van der Waals surface area contributed by atoms with Gasteiger partial charge in [0.25, 0.3) is 0 Å². The molecule has 3 N–H and O–H groups in total. The Morgan fingerprint density at radius 3 is 2.33 bits per heavy atom. The summed E-state index contributed by atoms with van der Waals surface area (Å²) in [6.07, 6.45) is 0. The van der Waals surface area contributed by atoms with Crippen molar-refractivity contribution in [3.63, 3.8) is 0 Å². The summed E-state index contributed by atoms with van der Waals surface area (Å²) in [5.41, 5.74) is 0.816. The third kappa shape index (κ3) is 5.40. The van der Waals surface area contributed by atoms with E-state index in [0.717, 1.165) is 5.56 Å². The lowest BCUT2D eigenvalue weighted by molar-refractivity contribution is -0.121. The first-order valence-corrected chi connectivity index (χ1v) is 5.54. The number of likely N-dealkylation sites (N-methyl/N-ethyl adjacent to an activating group) is 1. The molecule has 1 aromatic rings. The zero-order valence-corrected chi connectivity index (χ0v) is 10.1. The summed E-state index contributed by atoms with van der Waals surface area (Å²) < 4.78 is 12.6. The number of halogens is 1. The molecule has 0 heterocycles. The number of rotatable bonds is 6. The number of carbonyl (C=O) groups excluding carboxylic acids is 2. The van der Waals surface area contributed by atoms with Gasteiger partial charge in [0.2, 0.25) is 11.8 Å². The van der Waals surface area contributed by atoms with Crippen LogP contribution in [0.2, 0.25) is 0 Å². The fourth-order valence-corrected chi connectivity index (χ4v) is 1.24. The molecule has 0 radical (unpaired) electrons. The molecule has 0 fully saturated rings. The summed E-state index contributed by atoms with van der Waals surface area (Å²) in [4.78, 5) is 22.2. The molecule has 1 aromatic carbocycles. The van der Waals surface area contributed by atoms with Gasteiger partial charge in [0, 0.05) is 13.6 Å². The predicted molar refractivity (Wildman–Crippen MR) is 65.2 cm³/mol. The zero-order valence-electron chi connectivity index (χ0n) is 10.1. The highest BCUT2D eigenvalue weighted by Gasteiger charge is 2.02. The van der Waals surface area contributed by atoms with Crippen molar-refractivity contribution in [1.82, 2.24) is 16.0 Å².